The molecule has 3 aromatic carbocycles. The lowest BCUT2D eigenvalue weighted by Gasteiger charge is -2.25. The van der Waals surface area contributed by atoms with Crippen LogP contribution in [0.4, 0.5) is 4.39 Å². The number of carbonyl (C=O) groups is 1. The Morgan fingerprint density at radius 2 is 1.60 bits per heavy atom. The Kier molecular flexibility index (Phi) is 8.74. The Hall–Kier alpha value is -3.58. The van der Waals surface area contributed by atoms with Gasteiger partial charge in [-0.3, -0.25) is 9.35 Å². The molecule has 1 aromatic heterocycles. The summed E-state index contributed by atoms with van der Waals surface area (Å²) in [5.41, 5.74) is 4.06. The molecule has 212 valence electrons. The summed E-state index contributed by atoms with van der Waals surface area (Å²) in [4.78, 5) is 11.0. The van der Waals surface area contributed by atoms with Crippen LogP contribution in [0.3, 0.4) is 0 Å². The third kappa shape index (κ3) is 6.94. The van der Waals surface area contributed by atoms with E-state index in [1.165, 1.54) is 24.3 Å². The van der Waals surface area contributed by atoms with E-state index in [1.807, 2.05) is 35.8 Å². The van der Waals surface area contributed by atoms with Gasteiger partial charge in [0.1, 0.15) is 5.82 Å². The molecule has 0 saturated carbocycles. The summed E-state index contributed by atoms with van der Waals surface area (Å²) < 4.78 is 72.8. The highest BCUT2D eigenvalue weighted by atomic mass is 32.2. The Morgan fingerprint density at radius 3 is 2.23 bits per heavy atom. The van der Waals surface area contributed by atoms with E-state index in [4.69, 9.17) is 9.66 Å². The molecule has 5 rings (SSSR count). The molecule has 1 aliphatic carbocycles. The lowest BCUT2D eigenvalue weighted by molar-refractivity contribution is -0.137. The summed E-state index contributed by atoms with van der Waals surface area (Å²) in [7, 11) is -7.77. The zero-order chi connectivity index (χ0) is 29.1. The number of aryl methyl sites for hydroxylation is 2. The van der Waals surface area contributed by atoms with Crippen molar-refractivity contribution in [3.8, 4) is 0 Å². The summed E-state index contributed by atoms with van der Waals surface area (Å²) in [6.45, 7) is 2.23. The Balaban J connectivity index is 0.000000283. The molecule has 1 atom stereocenters. The van der Waals surface area contributed by atoms with E-state index in [0.717, 1.165) is 39.9 Å². The highest BCUT2D eigenvalue weighted by Gasteiger charge is 2.28. The molecule has 0 bridgehead atoms. The van der Waals surface area contributed by atoms with Crippen LogP contribution in [0.25, 0.3) is 10.9 Å². The van der Waals surface area contributed by atoms with Crippen molar-refractivity contribution in [2.45, 2.75) is 55.0 Å². The zero-order valence-electron chi connectivity index (χ0n) is 21.6. The van der Waals surface area contributed by atoms with E-state index in [0.29, 0.717) is 25.8 Å². The first kappa shape index (κ1) is 29.4. The zero-order valence-corrected chi connectivity index (χ0v) is 23.3. The maximum absolute atomic E-state index is 13.1. The number of para-hydroxylation sites is 1. The molecular weight excluding hydrogens is 559 g/mol. The molecule has 0 amide bonds. The fourth-order valence-electron chi connectivity index (χ4n) is 4.78. The van der Waals surface area contributed by atoms with Gasteiger partial charge in [0.15, 0.2) is 0 Å². The van der Waals surface area contributed by atoms with Crippen LogP contribution in [-0.2, 0) is 44.3 Å². The normalized spacial score (nSPS) is 15.2. The predicted molar refractivity (Wildman–Crippen MR) is 148 cm³/mol. The summed E-state index contributed by atoms with van der Waals surface area (Å²) >= 11 is 0. The number of hydrogen-bond acceptors (Lipinski definition) is 5. The van der Waals surface area contributed by atoms with Crippen molar-refractivity contribution in [3.63, 3.8) is 0 Å². The fraction of sp³-hybridized carbons (Fsp3) is 0.250. The second-order valence-corrected chi connectivity index (χ2v) is 12.7. The van der Waals surface area contributed by atoms with Crippen LogP contribution in [0.1, 0.15) is 29.7 Å². The van der Waals surface area contributed by atoms with E-state index in [-0.39, 0.29) is 22.3 Å². The third-order valence-corrected chi connectivity index (χ3v) is 9.09. The van der Waals surface area contributed by atoms with Gasteiger partial charge in [0.05, 0.1) is 16.2 Å². The predicted octanol–water partition coefficient (Wildman–Crippen LogP) is 4.33. The molecule has 0 unspecified atom stereocenters. The number of aromatic nitrogens is 1. The fourth-order valence-corrected chi connectivity index (χ4v) is 6.53. The Labute approximate surface area is 232 Å². The number of carboxylic acid groups (broad SMARTS) is 1. The largest absolute Gasteiger partial charge is 0.481 e. The maximum Gasteiger partial charge on any atom is 0.305 e. The topological polar surface area (TPSA) is 143 Å². The standard InChI is InChI=1S/C21H21FN2O4S.C7H8O3S/c22-14-5-8-16(9-6-14)29(27,28)23-15-7-10-20-18(13-15)17-3-1-2-4-19(17)24(20)12-11-21(25)26;1-6-2-4-7(5-3-6)11(8,9)10/h1-6,8-9,15,23H,7,10-13H2,(H,25,26);2-5H,1H3,(H,8,9,10)/t15-;/m1./s1. The molecule has 12 heteroatoms. The van der Waals surface area contributed by atoms with Gasteiger partial charge in [-0.25, -0.2) is 17.5 Å². The van der Waals surface area contributed by atoms with Crippen LogP contribution in [0.2, 0.25) is 0 Å². The van der Waals surface area contributed by atoms with E-state index in [2.05, 4.69) is 4.72 Å². The highest BCUT2D eigenvalue weighted by molar-refractivity contribution is 7.89. The van der Waals surface area contributed by atoms with Gasteiger partial charge in [0, 0.05) is 29.2 Å². The second kappa shape index (κ2) is 11.9. The van der Waals surface area contributed by atoms with Crippen molar-refractivity contribution in [1.82, 2.24) is 9.29 Å². The molecule has 4 aromatic rings. The number of nitrogens with zero attached hydrogens (tertiary/aromatic N) is 1. The Morgan fingerprint density at radius 1 is 0.975 bits per heavy atom. The molecule has 1 aliphatic rings. The molecule has 40 heavy (non-hydrogen) atoms. The molecule has 0 saturated heterocycles. The minimum absolute atomic E-state index is 0.0335. The monoisotopic (exact) mass is 588 g/mol. The summed E-state index contributed by atoms with van der Waals surface area (Å²) in [5.74, 6) is -1.34. The Bertz CT molecular complexity index is 1730. The number of aliphatic carboxylic acids is 1. The molecular formula is C28H29FN2O7S2. The molecule has 9 nitrogen and oxygen atoms in total. The van der Waals surface area contributed by atoms with Crippen molar-refractivity contribution in [3.05, 3.63) is 95.4 Å². The smallest absolute Gasteiger partial charge is 0.305 e. The van der Waals surface area contributed by atoms with E-state index >= 15 is 0 Å². The molecule has 3 N–H and O–H groups in total. The first-order valence-corrected chi connectivity index (χ1v) is 15.4. The first-order chi connectivity index (χ1) is 18.8. The van der Waals surface area contributed by atoms with Gasteiger partial charge in [-0.15, -0.1) is 0 Å². The quantitative estimate of drug-likeness (QED) is 0.273. The number of fused-ring (bicyclic) bond motifs is 3. The van der Waals surface area contributed by atoms with Gasteiger partial charge in [-0.2, -0.15) is 8.42 Å². The summed E-state index contributed by atoms with van der Waals surface area (Å²) in [6.07, 6.45) is 1.82. The van der Waals surface area contributed by atoms with E-state index in [9.17, 15) is 26.0 Å². The minimum atomic E-state index is -4.02. The van der Waals surface area contributed by atoms with Crippen LogP contribution in [0.5, 0.6) is 0 Å². The maximum atomic E-state index is 13.1. The van der Waals surface area contributed by atoms with Gasteiger partial charge < -0.3 is 9.67 Å². The number of carboxylic acids is 1. The van der Waals surface area contributed by atoms with Gasteiger partial charge in [0.25, 0.3) is 10.1 Å². The number of hydrogen-bond donors (Lipinski definition) is 3. The molecule has 1 heterocycles. The average Bonchev–Trinajstić information content (AvgIpc) is 3.20. The first-order valence-electron chi connectivity index (χ1n) is 12.5. The van der Waals surface area contributed by atoms with Gasteiger partial charge >= 0.3 is 5.97 Å². The van der Waals surface area contributed by atoms with Crippen LogP contribution in [0.15, 0.2) is 82.6 Å². The average molecular weight is 589 g/mol. The van der Waals surface area contributed by atoms with Crippen LogP contribution in [-0.4, -0.2) is 43.1 Å². The number of nitrogens with one attached hydrogen (secondary N) is 1. The van der Waals surface area contributed by atoms with Crippen LogP contribution >= 0.6 is 0 Å². The van der Waals surface area contributed by atoms with Gasteiger partial charge in [-0.05, 0) is 74.2 Å². The highest BCUT2D eigenvalue weighted by Crippen LogP contribution is 2.33. The number of rotatable bonds is 7. The van der Waals surface area contributed by atoms with Gasteiger partial charge in [-0.1, -0.05) is 35.9 Å². The van der Waals surface area contributed by atoms with Crippen molar-refractivity contribution in [1.29, 1.82) is 0 Å². The van der Waals surface area contributed by atoms with Crippen molar-refractivity contribution >= 4 is 37.0 Å². The van der Waals surface area contributed by atoms with Crippen molar-refractivity contribution in [2.75, 3.05) is 0 Å². The van der Waals surface area contributed by atoms with Gasteiger partial charge in [0.2, 0.25) is 10.0 Å². The second-order valence-electron chi connectivity index (χ2n) is 9.54. The lowest BCUT2D eigenvalue weighted by Crippen LogP contribution is -2.39. The van der Waals surface area contributed by atoms with E-state index < -0.39 is 31.9 Å². The summed E-state index contributed by atoms with van der Waals surface area (Å²) in [5, 5.41) is 10.1. The van der Waals surface area contributed by atoms with Crippen LogP contribution in [0, 0.1) is 12.7 Å². The molecule has 0 fully saturated rings. The molecule has 0 aliphatic heterocycles. The molecule has 0 radical (unpaired) electrons. The number of sulfonamides is 1. The minimum Gasteiger partial charge on any atom is -0.481 e. The van der Waals surface area contributed by atoms with Crippen molar-refractivity contribution < 1.29 is 35.7 Å². The SMILES string of the molecule is Cc1ccc(S(=O)(=O)O)cc1.O=C(O)CCn1c2c(c3ccccc31)C[C@H](NS(=O)(=O)c1ccc(F)cc1)CC2. The number of benzene rings is 3. The van der Waals surface area contributed by atoms with Crippen molar-refractivity contribution in [2.24, 2.45) is 0 Å². The third-order valence-electron chi connectivity index (χ3n) is 6.69. The van der Waals surface area contributed by atoms with E-state index in [1.54, 1.807) is 12.1 Å². The number of halogens is 1. The van der Waals surface area contributed by atoms with Crippen LogP contribution < -0.4 is 4.72 Å². The molecule has 0 spiro atoms. The summed E-state index contributed by atoms with van der Waals surface area (Å²) in [6, 6.07) is 18.3. The lowest BCUT2D eigenvalue weighted by atomic mass is 9.92.